The van der Waals surface area contributed by atoms with Crippen LogP contribution >= 0.6 is 0 Å². The van der Waals surface area contributed by atoms with E-state index < -0.39 is 11.9 Å². The normalized spacial score (nSPS) is 16.9. The molecule has 1 aliphatic rings. The number of hydrogen-bond donors (Lipinski definition) is 2. The molecule has 8 heteroatoms. The summed E-state index contributed by atoms with van der Waals surface area (Å²) in [4.78, 5) is 19.7. The van der Waals surface area contributed by atoms with Crippen LogP contribution in [0.5, 0.6) is 0 Å². The van der Waals surface area contributed by atoms with Crippen LogP contribution in [0.15, 0.2) is 72.8 Å². The number of rotatable bonds is 8. The van der Waals surface area contributed by atoms with Crippen molar-refractivity contribution in [3.05, 3.63) is 107 Å². The van der Waals surface area contributed by atoms with Gasteiger partial charge in [-0.3, -0.25) is 0 Å². The third kappa shape index (κ3) is 9.36. The van der Waals surface area contributed by atoms with E-state index in [-0.39, 0.29) is 17.7 Å². The molecule has 0 atom stereocenters. The number of ether oxygens (including phenoxy) is 1. The first-order valence-electron chi connectivity index (χ1n) is 12.7. The Balaban J connectivity index is 0.000000599. The van der Waals surface area contributed by atoms with E-state index in [4.69, 9.17) is 24.5 Å². The maximum absolute atomic E-state index is 13.4. The van der Waals surface area contributed by atoms with Gasteiger partial charge >= 0.3 is 5.97 Å². The summed E-state index contributed by atoms with van der Waals surface area (Å²) < 4.78 is 33.1. The smallest absolute Gasteiger partial charge is 0.351 e. The van der Waals surface area contributed by atoms with Crippen molar-refractivity contribution in [1.82, 2.24) is 0 Å². The Kier molecular flexibility index (Phi) is 10.9. The molecule has 0 saturated carbocycles. The van der Waals surface area contributed by atoms with E-state index in [9.17, 15) is 8.78 Å². The Bertz CT molecular complexity index is 1100. The Hall–Kier alpha value is -3.62. The summed E-state index contributed by atoms with van der Waals surface area (Å²) in [6.07, 6.45) is 3.12. The minimum absolute atomic E-state index is 0.272. The number of aryl methyl sites for hydroxylation is 1. The van der Waals surface area contributed by atoms with Crippen LogP contribution in [0.25, 0.3) is 0 Å². The third-order valence-electron chi connectivity index (χ3n) is 6.72. The molecule has 0 unspecified atom stereocenters. The molecule has 0 aliphatic carbocycles. The molecule has 202 valence electrons. The van der Waals surface area contributed by atoms with Crippen molar-refractivity contribution in [3.63, 3.8) is 0 Å². The summed E-state index contributed by atoms with van der Waals surface area (Å²) in [6.45, 7) is 6.24. The number of halogens is 2. The molecule has 6 nitrogen and oxygen atoms in total. The lowest BCUT2D eigenvalue weighted by Gasteiger charge is -2.30. The average Bonchev–Trinajstić information content (AvgIpc) is 2.91. The molecule has 3 aromatic rings. The molecule has 38 heavy (non-hydrogen) atoms. The van der Waals surface area contributed by atoms with Crippen LogP contribution in [0.1, 0.15) is 47.6 Å². The van der Waals surface area contributed by atoms with Gasteiger partial charge in [0.15, 0.2) is 5.97 Å². The number of nitrogens with one attached hydrogen (secondary N) is 1. The second kappa shape index (κ2) is 14.4. The number of carboxylic acid groups (broad SMARTS) is 2. The van der Waals surface area contributed by atoms with Crippen LogP contribution in [-0.2, 0) is 20.9 Å². The molecule has 1 saturated heterocycles. The van der Waals surface area contributed by atoms with Gasteiger partial charge in [-0.1, -0.05) is 54.1 Å². The molecule has 3 aromatic carbocycles. The number of carbonyl (C=O) groups excluding carboxylic acids is 1. The summed E-state index contributed by atoms with van der Waals surface area (Å²) in [6, 6.07) is 21.6. The third-order valence-corrected chi connectivity index (χ3v) is 6.72. The molecule has 0 amide bonds. The number of benzene rings is 3. The van der Waals surface area contributed by atoms with Gasteiger partial charge < -0.3 is 24.6 Å². The Morgan fingerprint density at radius 1 is 0.921 bits per heavy atom. The van der Waals surface area contributed by atoms with Crippen molar-refractivity contribution in [2.45, 2.75) is 38.8 Å². The lowest BCUT2D eigenvalue weighted by Crippen LogP contribution is -3.11. The van der Waals surface area contributed by atoms with E-state index in [0.717, 1.165) is 24.1 Å². The van der Waals surface area contributed by atoms with E-state index >= 15 is 0 Å². The molecule has 0 radical (unpaired) electrons. The zero-order valence-electron chi connectivity index (χ0n) is 21.4. The van der Waals surface area contributed by atoms with Gasteiger partial charge in [0.2, 0.25) is 0 Å². The van der Waals surface area contributed by atoms with Crippen molar-refractivity contribution >= 4 is 11.9 Å². The highest BCUT2D eigenvalue weighted by Gasteiger charge is 2.23. The fraction of sp³-hybridized carbons (Fsp3) is 0.333. The number of aliphatic carboxylic acids is 2. The standard InChI is InChI=1S/C28H31F2NO.C2H2O4/c1-21-2-4-23(5-3-21)20-31-17-14-22(15-18-31)16-19-32-28(24-6-10-26(29)11-7-24)25-8-12-27(30)13-9-25;3-1(4)2(5)6/h2-13,22,28H,14-20H2,1H3;(H,3,4)(H,5,6). The summed E-state index contributed by atoms with van der Waals surface area (Å²) >= 11 is 0. The van der Waals surface area contributed by atoms with Crippen molar-refractivity contribution in [1.29, 1.82) is 0 Å². The first-order chi connectivity index (χ1) is 18.2. The molecule has 0 bridgehead atoms. The molecule has 0 aromatic heterocycles. The largest absolute Gasteiger partial charge is 0.539 e. The summed E-state index contributed by atoms with van der Waals surface area (Å²) in [5, 5.41) is 16.3. The van der Waals surface area contributed by atoms with E-state index in [1.165, 1.54) is 61.3 Å². The second-order valence-corrected chi connectivity index (χ2v) is 9.59. The number of hydrogen-bond acceptors (Lipinski definition) is 4. The van der Waals surface area contributed by atoms with Gasteiger partial charge in [0.25, 0.3) is 0 Å². The Labute approximate surface area is 221 Å². The highest BCUT2D eigenvalue weighted by molar-refractivity contribution is 6.26. The first kappa shape index (κ1) is 28.9. The Morgan fingerprint density at radius 3 is 1.84 bits per heavy atom. The van der Waals surface area contributed by atoms with Crippen LogP contribution in [0.2, 0.25) is 0 Å². The lowest BCUT2D eigenvalue weighted by atomic mass is 9.93. The van der Waals surface area contributed by atoms with Crippen molar-refractivity contribution in [2.75, 3.05) is 19.7 Å². The van der Waals surface area contributed by atoms with Gasteiger partial charge in [-0.25, -0.2) is 13.6 Å². The van der Waals surface area contributed by atoms with Crippen LogP contribution in [0, 0.1) is 24.5 Å². The van der Waals surface area contributed by atoms with Crippen molar-refractivity contribution in [3.8, 4) is 0 Å². The fourth-order valence-electron chi connectivity index (χ4n) is 4.56. The van der Waals surface area contributed by atoms with Gasteiger partial charge in [-0.2, -0.15) is 0 Å². The van der Waals surface area contributed by atoms with Gasteiger partial charge in [0, 0.05) is 12.2 Å². The van der Waals surface area contributed by atoms with Gasteiger partial charge in [-0.15, -0.1) is 0 Å². The van der Waals surface area contributed by atoms with Gasteiger partial charge in [0.05, 0.1) is 13.1 Å². The van der Waals surface area contributed by atoms with Gasteiger partial charge in [0.1, 0.15) is 24.3 Å². The topological polar surface area (TPSA) is 91.1 Å². The number of likely N-dealkylation sites (tertiary alicyclic amines) is 1. The highest BCUT2D eigenvalue weighted by Crippen LogP contribution is 2.27. The fourth-order valence-corrected chi connectivity index (χ4v) is 4.56. The number of quaternary nitrogens is 1. The first-order valence-corrected chi connectivity index (χ1v) is 12.7. The maximum atomic E-state index is 13.4. The molecule has 1 fully saturated rings. The monoisotopic (exact) mass is 525 g/mol. The summed E-state index contributed by atoms with van der Waals surface area (Å²) in [5.74, 6) is -3.89. The van der Waals surface area contributed by atoms with E-state index in [1.807, 2.05) is 0 Å². The average molecular weight is 526 g/mol. The Morgan fingerprint density at radius 2 is 1.39 bits per heavy atom. The lowest BCUT2D eigenvalue weighted by molar-refractivity contribution is -0.919. The zero-order valence-corrected chi connectivity index (χ0v) is 21.4. The predicted molar refractivity (Wildman–Crippen MR) is 136 cm³/mol. The van der Waals surface area contributed by atoms with E-state index in [2.05, 4.69) is 31.2 Å². The number of piperidine rings is 1. The minimum Gasteiger partial charge on any atom is -0.539 e. The summed E-state index contributed by atoms with van der Waals surface area (Å²) in [7, 11) is 0. The predicted octanol–water partition coefficient (Wildman–Crippen LogP) is 3.09. The van der Waals surface area contributed by atoms with Crippen LogP contribution in [0.3, 0.4) is 0 Å². The maximum Gasteiger partial charge on any atom is 0.351 e. The van der Waals surface area contributed by atoms with Crippen molar-refractivity contribution in [2.24, 2.45) is 5.92 Å². The molecule has 4 rings (SSSR count). The molecular formula is C30H33F2NO5. The highest BCUT2D eigenvalue weighted by atomic mass is 19.1. The number of carboxylic acids is 2. The van der Waals surface area contributed by atoms with E-state index in [0.29, 0.717) is 12.5 Å². The minimum atomic E-state index is -2.07. The molecule has 1 heterocycles. The second-order valence-electron chi connectivity index (χ2n) is 9.59. The quantitative estimate of drug-likeness (QED) is 0.441. The molecule has 0 spiro atoms. The van der Waals surface area contributed by atoms with Crippen LogP contribution < -0.4 is 10.0 Å². The van der Waals surface area contributed by atoms with Crippen molar-refractivity contribution < 1.29 is 38.2 Å². The SMILES string of the molecule is Cc1ccc(C[NH+]2CCC(CCOC(c3ccc(F)cc3)c3ccc(F)cc3)CC2)cc1.O=C([O-])C(=O)O. The molecular weight excluding hydrogens is 492 g/mol. The van der Waals surface area contributed by atoms with Crippen LogP contribution in [0.4, 0.5) is 8.78 Å². The van der Waals surface area contributed by atoms with E-state index in [1.54, 1.807) is 29.2 Å². The summed E-state index contributed by atoms with van der Waals surface area (Å²) in [5.41, 5.74) is 4.49. The van der Waals surface area contributed by atoms with Gasteiger partial charge in [-0.05, 0) is 67.5 Å². The molecule has 2 N–H and O–H groups in total. The zero-order chi connectivity index (χ0) is 27.5. The molecule has 1 aliphatic heterocycles. The number of carbonyl (C=O) groups is 2. The van der Waals surface area contributed by atoms with Crippen LogP contribution in [-0.4, -0.2) is 36.7 Å².